The Morgan fingerprint density at radius 1 is 1.30 bits per heavy atom. The van der Waals surface area contributed by atoms with E-state index >= 15 is 0 Å². The van der Waals surface area contributed by atoms with Crippen molar-refractivity contribution in [1.82, 2.24) is 19.9 Å². The fourth-order valence-corrected chi connectivity index (χ4v) is 2.85. The van der Waals surface area contributed by atoms with Crippen molar-refractivity contribution in [2.45, 2.75) is 18.7 Å². The third-order valence-electron chi connectivity index (χ3n) is 2.94. The molecule has 0 aliphatic heterocycles. The monoisotopic (exact) mass is 337 g/mol. The van der Waals surface area contributed by atoms with Crippen LogP contribution in [0.1, 0.15) is 11.5 Å². The van der Waals surface area contributed by atoms with Gasteiger partial charge >= 0.3 is 0 Å². The summed E-state index contributed by atoms with van der Waals surface area (Å²) in [5.41, 5.74) is 1.00. The molecule has 3 aromatic rings. The van der Waals surface area contributed by atoms with Crippen LogP contribution in [-0.2, 0) is 10.0 Å². The molecule has 0 unspecified atom stereocenters. The standard InChI is InChI=1S/C13H12FN5O3S/c1-8-6-15-19(7-8)12-4-3-10(5-11(12)14)23(20,21)18-13-16-9(2)22-17-13/h3-7H,1-2H3,(H,17,18). The van der Waals surface area contributed by atoms with Crippen molar-refractivity contribution in [3.63, 3.8) is 0 Å². The number of benzene rings is 1. The van der Waals surface area contributed by atoms with Crippen LogP contribution in [0.5, 0.6) is 0 Å². The number of halogens is 1. The van der Waals surface area contributed by atoms with E-state index in [1.54, 1.807) is 12.4 Å². The first kappa shape index (κ1) is 15.2. The van der Waals surface area contributed by atoms with E-state index in [1.807, 2.05) is 6.92 Å². The Morgan fingerprint density at radius 2 is 2.09 bits per heavy atom. The van der Waals surface area contributed by atoms with Gasteiger partial charge in [0.2, 0.25) is 5.89 Å². The molecule has 1 N–H and O–H groups in total. The zero-order valence-corrected chi connectivity index (χ0v) is 13.0. The lowest BCUT2D eigenvalue weighted by Gasteiger charge is -2.07. The molecule has 0 radical (unpaired) electrons. The lowest BCUT2D eigenvalue weighted by molar-refractivity contribution is 0.395. The van der Waals surface area contributed by atoms with Crippen molar-refractivity contribution >= 4 is 16.0 Å². The summed E-state index contributed by atoms with van der Waals surface area (Å²) >= 11 is 0. The van der Waals surface area contributed by atoms with E-state index in [0.717, 1.165) is 11.6 Å². The maximum atomic E-state index is 14.2. The molecule has 0 aliphatic rings. The van der Waals surface area contributed by atoms with Gasteiger partial charge in [-0.25, -0.2) is 22.2 Å². The van der Waals surface area contributed by atoms with Crippen LogP contribution < -0.4 is 4.72 Å². The molecule has 0 spiro atoms. The molecule has 0 aliphatic carbocycles. The van der Waals surface area contributed by atoms with E-state index in [-0.39, 0.29) is 22.4 Å². The molecule has 3 rings (SSSR count). The number of aryl methyl sites for hydroxylation is 2. The van der Waals surface area contributed by atoms with Crippen molar-refractivity contribution in [2.24, 2.45) is 0 Å². The predicted molar refractivity (Wildman–Crippen MR) is 78.1 cm³/mol. The fourth-order valence-electron chi connectivity index (χ4n) is 1.90. The minimum Gasteiger partial charge on any atom is -0.338 e. The van der Waals surface area contributed by atoms with Crippen LogP contribution in [0.3, 0.4) is 0 Å². The second-order valence-corrected chi connectivity index (χ2v) is 6.50. The highest BCUT2D eigenvalue weighted by molar-refractivity contribution is 7.92. The number of nitrogens with zero attached hydrogens (tertiary/aromatic N) is 4. The van der Waals surface area contributed by atoms with Crippen LogP contribution in [0, 0.1) is 19.7 Å². The molecule has 0 saturated heterocycles. The third-order valence-corrected chi connectivity index (χ3v) is 4.27. The second-order valence-electron chi connectivity index (χ2n) is 4.82. The number of rotatable bonds is 4. The Labute approximate surface area is 131 Å². The molecule has 0 saturated carbocycles. The second kappa shape index (κ2) is 5.47. The molecule has 0 bridgehead atoms. The minimum absolute atomic E-state index is 0.146. The molecule has 23 heavy (non-hydrogen) atoms. The summed E-state index contributed by atoms with van der Waals surface area (Å²) < 4.78 is 46.7. The Bertz CT molecular complexity index is 964. The first-order valence-electron chi connectivity index (χ1n) is 6.49. The summed E-state index contributed by atoms with van der Waals surface area (Å²) in [4.78, 5) is 3.48. The Kier molecular flexibility index (Phi) is 3.60. The van der Waals surface area contributed by atoms with Crippen LogP contribution in [0.25, 0.3) is 5.69 Å². The first-order chi connectivity index (χ1) is 10.8. The highest BCUT2D eigenvalue weighted by Gasteiger charge is 2.19. The average molecular weight is 337 g/mol. The fraction of sp³-hybridized carbons (Fsp3) is 0.154. The molecule has 1 aromatic carbocycles. The summed E-state index contributed by atoms with van der Waals surface area (Å²) in [5.74, 6) is -0.728. The average Bonchev–Trinajstić information content (AvgIpc) is 3.07. The minimum atomic E-state index is -4.02. The van der Waals surface area contributed by atoms with Gasteiger partial charge in [-0.15, -0.1) is 0 Å². The number of aromatic nitrogens is 4. The first-order valence-corrected chi connectivity index (χ1v) is 7.98. The van der Waals surface area contributed by atoms with E-state index < -0.39 is 15.8 Å². The van der Waals surface area contributed by atoms with E-state index in [0.29, 0.717) is 0 Å². The van der Waals surface area contributed by atoms with Gasteiger partial charge in [0, 0.05) is 13.1 Å². The molecule has 0 amide bonds. The van der Waals surface area contributed by atoms with Gasteiger partial charge in [-0.05, 0) is 35.8 Å². The van der Waals surface area contributed by atoms with Gasteiger partial charge in [-0.3, -0.25) is 0 Å². The molecule has 10 heteroatoms. The Balaban J connectivity index is 1.93. The van der Waals surface area contributed by atoms with Gasteiger partial charge in [0.25, 0.3) is 16.0 Å². The van der Waals surface area contributed by atoms with Gasteiger partial charge in [0.15, 0.2) is 0 Å². The van der Waals surface area contributed by atoms with E-state index in [9.17, 15) is 12.8 Å². The molecule has 0 atom stereocenters. The Hall–Kier alpha value is -2.75. The number of nitrogens with one attached hydrogen (secondary N) is 1. The highest BCUT2D eigenvalue weighted by Crippen LogP contribution is 2.20. The van der Waals surface area contributed by atoms with Gasteiger partial charge < -0.3 is 4.52 Å². The van der Waals surface area contributed by atoms with Gasteiger partial charge in [-0.2, -0.15) is 10.1 Å². The molecular formula is C13H12FN5O3S. The largest absolute Gasteiger partial charge is 0.338 e. The van der Waals surface area contributed by atoms with E-state index in [2.05, 4.69) is 24.5 Å². The molecular weight excluding hydrogens is 325 g/mol. The molecule has 2 heterocycles. The van der Waals surface area contributed by atoms with Crippen molar-refractivity contribution in [1.29, 1.82) is 0 Å². The Morgan fingerprint density at radius 3 is 2.65 bits per heavy atom. The number of sulfonamides is 1. The van der Waals surface area contributed by atoms with Crippen LogP contribution in [0.4, 0.5) is 10.3 Å². The number of anilines is 1. The summed E-state index contributed by atoms with van der Waals surface area (Å²) in [7, 11) is -4.02. The third kappa shape index (κ3) is 3.06. The van der Waals surface area contributed by atoms with E-state index in [1.165, 1.54) is 23.7 Å². The zero-order valence-electron chi connectivity index (χ0n) is 12.2. The van der Waals surface area contributed by atoms with Gasteiger partial charge in [0.1, 0.15) is 11.5 Å². The van der Waals surface area contributed by atoms with Crippen LogP contribution in [0.2, 0.25) is 0 Å². The van der Waals surface area contributed by atoms with E-state index in [4.69, 9.17) is 0 Å². The van der Waals surface area contributed by atoms with Crippen molar-refractivity contribution < 1.29 is 17.3 Å². The summed E-state index contributed by atoms with van der Waals surface area (Å²) in [6, 6.07) is 3.50. The summed E-state index contributed by atoms with van der Waals surface area (Å²) in [6.45, 7) is 3.34. The lowest BCUT2D eigenvalue weighted by atomic mass is 10.3. The number of hydrogen-bond acceptors (Lipinski definition) is 6. The van der Waals surface area contributed by atoms with Crippen molar-refractivity contribution in [2.75, 3.05) is 4.72 Å². The summed E-state index contributed by atoms with van der Waals surface area (Å²) in [5, 5.41) is 7.42. The topological polar surface area (TPSA) is 103 Å². The van der Waals surface area contributed by atoms with Crippen molar-refractivity contribution in [3.05, 3.63) is 47.9 Å². The maximum Gasteiger partial charge on any atom is 0.277 e. The smallest absolute Gasteiger partial charge is 0.277 e. The predicted octanol–water partition coefficient (Wildman–Crippen LogP) is 1.81. The zero-order chi connectivity index (χ0) is 16.6. The van der Waals surface area contributed by atoms with Gasteiger partial charge in [0.05, 0.1) is 11.1 Å². The van der Waals surface area contributed by atoms with Crippen LogP contribution in [-0.4, -0.2) is 28.3 Å². The highest BCUT2D eigenvalue weighted by atomic mass is 32.2. The maximum absolute atomic E-state index is 14.2. The van der Waals surface area contributed by atoms with Crippen LogP contribution >= 0.6 is 0 Å². The molecule has 8 nitrogen and oxygen atoms in total. The van der Waals surface area contributed by atoms with Crippen LogP contribution in [0.15, 0.2) is 40.0 Å². The SMILES string of the molecule is Cc1cnn(-c2ccc(S(=O)(=O)Nc3noc(C)n3)cc2F)c1. The quantitative estimate of drug-likeness (QED) is 0.779. The molecule has 120 valence electrons. The van der Waals surface area contributed by atoms with Crippen molar-refractivity contribution in [3.8, 4) is 5.69 Å². The lowest BCUT2D eigenvalue weighted by Crippen LogP contribution is -2.14. The molecule has 0 fully saturated rings. The summed E-state index contributed by atoms with van der Waals surface area (Å²) in [6.07, 6.45) is 3.21. The van der Waals surface area contributed by atoms with Gasteiger partial charge in [-0.1, -0.05) is 0 Å². The number of hydrogen-bond donors (Lipinski definition) is 1. The normalized spacial score (nSPS) is 11.6. The molecule has 2 aromatic heterocycles.